The van der Waals surface area contributed by atoms with E-state index < -0.39 is 23.6 Å². The minimum atomic E-state index is -0.854. The molecule has 1 fully saturated rings. The van der Waals surface area contributed by atoms with Crippen LogP contribution in [0, 0.1) is 11.6 Å². The van der Waals surface area contributed by atoms with Crippen molar-refractivity contribution >= 4 is 5.97 Å². The summed E-state index contributed by atoms with van der Waals surface area (Å²) in [6.45, 7) is 1.38. The number of nitrogens with zero attached hydrogens (tertiary/aromatic N) is 1. The normalized spacial score (nSPS) is 17.7. The molecule has 0 spiro atoms. The minimum absolute atomic E-state index is 0.0451. The second-order valence-corrected chi connectivity index (χ2v) is 4.33. The molecule has 1 saturated heterocycles. The summed E-state index contributed by atoms with van der Waals surface area (Å²) >= 11 is 0. The number of halogens is 2. The summed E-state index contributed by atoms with van der Waals surface area (Å²) in [7, 11) is 1.25. The molecule has 5 heteroatoms. The van der Waals surface area contributed by atoms with Gasteiger partial charge in [-0.1, -0.05) is 0 Å². The molecule has 0 bridgehead atoms. The molecule has 3 nitrogen and oxygen atoms in total. The van der Waals surface area contributed by atoms with Gasteiger partial charge in [0.05, 0.1) is 7.11 Å². The van der Waals surface area contributed by atoms with Crippen molar-refractivity contribution in [3.05, 3.63) is 35.4 Å². The van der Waals surface area contributed by atoms with Gasteiger partial charge in [-0.3, -0.25) is 4.90 Å². The van der Waals surface area contributed by atoms with Crippen LogP contribution < -0.4 is 0 Å². The Kier molecular flexibility index (Phi) is 3.91. The van der Waals surface area contributed by atoms with E-state index in [4.69, 9.17) is 4.74 Å². The van der Waals surface area contributed by atoms with E-state index in [2.05, 4.69) is 0 Å². The van der Waals surface area contributed by atoms with Crippen molar-refractivity contribution in [2.24, 2.45) is 0 Å². The Morgan fingerprint density at radius 3 is 2.61 bits per heavy atom. The van der Waals surface area contributed by atoms with E-state index in [1.807, 2.05) is 4.90 Å². The minimum Gasteiger partial charge on any atom is -0.468 e. The molecule has 18 heavy (non-hydrogen) atoms. The summed E-state index contributed by atoms with van der Waals surface area (Å²) in [5, 5.41) is 0. The summed E-state index contributed by atoms with van der Waals surface area (Å²) in [5.41, 5.74) is 0.0451. The molecule has 1 aromatic rings. The number of likely N-dealkylation sites (tertiary alicyclic amines) is 1. The number of ether oxygens (including phenoxy) is 1. The monoisotopic (exact) mass is 255 g/mol. The molecule has 1 aliphatic rings. The van der Waals surface area contributed by atoms with Crippen molar-refractivity contribution < 1.29 is 18.3 Å². The van der Waals surface area contributed by atoms with E-state index in [0.29, 0.717) is 13.1 Å². The van der Waals surface area contributed by atoms with Crippen LogP contribution in [0.2, 0.25) is 0 Å². The first-order valence-electron chi connectivity index (χ1n) is 5.90. The Hall–Kier alpha value is -1.49. The predicted octanol–water partition coefficient (Wildman–Crippen LogP) is 2.27. The number of carbonyl (C=O) groups is 1. The molecule has 0 saturated carbocycles. The fraction of sp³-hybridized carbons (Fsp3) is 0.462. The smallest absolute Gasteiger partial charge is 0.327 e. The van der Waals surface area contributed by atoms with Gasteiger partial charge in [0.2, 0.25) is 0 Å². The average molecular weight is 255 g/mol. The molecule has 0 radical (unpaired) electrons. The average Bonchev–Trinajstić information content (AvgIpc) is 2.87. The Balaban J connectivity index is 2.38. The quantitative estimate of drug-likeness (QED) is 0.776. The molecule has 0 aromatic heterocycles. The van der Waals surface area contributed by atoms with Crippen LogP contribution in [0.15, 0.2) is 18.2 Å². The maximum absolute atomic E-state index is 13.8. The number of benzene rings is 1. The Morgan fingerprint density at radius 2 is 2.00 bits per heavy atom. The number of hydrogen-bond donors (Lipinski definition) is 0. The van der Waals surface area contributed by atoms with Crippen LogP contribution in [0.3, 0.4) is 0 Å². The Labute approximate surface area is 104 Å². The highest BCUT2D eigenvalue weighted by Crippen LogP contribution is 2.28. The first-order chi connectivity index (χ1) is 8.63. The third-order valence-electron chi connectivity index (χ3n) is 3.18. The van der Waals surface area contributed by atoms with Crippen molar-refractivity contribution in [3.63, 3.8) is 0 Å². The van der Waals surface area contributed by atoms with Gasteiger partial charge < -0.3 is 4.74 Å². The largest absolute Gasteiger partial charge is 0.468 e. The number of hydrogen-bond acceptors (Lipinski definition) is 3. The molecule has 2 rings (SSSR count). The fourth-order valence-electron chi connectivity index (χ4n) is 2.31. The van der Waals surface area contributed by atoms with Gasteiger partial charge in [0.15, 0.2) is 0 Å². The van der Waals surface area contributed by atoms with Crippen molar-refractivity contribution in [2.75, 3.05) is 20.2 Å². The lowest BCUT2D eigenvalue weighted by Gasteiger charge is -2.25. The number of methoxy groups -OCH3 is 1. The third kappa shape index (κ3) is 2.51. The van der Waals surface area contributed by atoms with Crippen LogP contribution in [0.1, 0.15) is 24.4 Å². The van der Waals surface area contributed by atoms with Crippen molar-refractivity contribution in [1.82, 2.24) is 4.90 Å². The molecule has 1 unspecified atom stereocenters. The molecule has 1 aliphatic heterocycles. The lowest BCUT2D eigenvalue weighted by Crippen LogP contribution is -2.33. The topological polar surface area (TPSA) is 29.5 Å². The maximum atomic E-state index is 13.8. The van der Waals surface area contributed by atoms with Crippen molar-refractivity contribution in [2.45, 2.75) is 18.9 Å². The lowest BCUT2D eigenvalue weighted by molar-refractivity contribution is -0.147. The van der Waals surface area contributed by atoms with Gasteiger partial charge in [0.1, 0.15) is 17.7 Å². The van der Waals surface area contributed by atoms with Crippen LogP contribution in [-0.2, 0) is 9.53 Å². The van der Waals surface area contributed by atoms with Crippen LogP contribution in [0.4, 0.5) is 8.78 Å². The molecule has 98 valence electrons. The van der Waals surface area contributed by atoms with Gasteiger partial charge in [0, 0.05) is 5.56 Å². The molecule has 0 aliphatic carbocycles. The van der Waals surface area contributed by atoms with Gasteiger partial charge in [-0.15, -0.1) is 0 Å². The SMILES string of the molecule is COC(=O)C(c1cc(F)ccc1F)N1CCCC1. The molecule has 0 amide bonds. The predicted molar refractivity (Wildman–Crippen MR) is 61.9 cm³/mol. The number of carbonyl (C=O) groups excluding carboxylic acids is 1. The zero-order valence-electron chi connectivity index (χ0n) is 10.2. The summed E-state index contributed by atoms with van der Waals surface area (Å²) in [6, 6.07) is 2.29. The van der Waals surface area contributed by atoms with Crippen LogP contribution in [0.5, 0.6) is 0 Å². The third-order valence-corrected chi connectivity index (χ3v) is 3.18. The highest BCUT2D eigenvalue weighted by Gasteiger charge is 2.32. The van der Waals surface area contributed by atoms with Crippen LogP contribution in [-0.4, -0.2) is 31.1 Å². The molecular weight excluding hydrogens is 240 g/mol. The highest BCUT2D eigenvalue weighted by atomic mass is 19.1. The second kappa shape index (κ2) is 5.44. The molecule has 1 aromatic carbocycles. The Bertz CT molecular complexity index is 445. The van der Waals surface area contributed by atoms with Gasteiger partial charge in [0.25, 0.3) is 0 Å². The number of esters is 1. The Morgan fingerprint density at radius 1 is 1.33 bits per heavy atom. The number of rotatable bonds is 3. The van der Waals surface area contributed by atoms with E-state index in [0.717, 1.165) is 31.0 Å². The van der Waals surface area contributed by atoms with Gasteiger partial charge in [-0.05, 0) is 44.1 Å². The van der Waals surface area contributed by atoms with Gasteiger partial charge in [-0.25, -0.2) is 13.6 Å². The zero-order valence-corrected chi connectivity index (χ0v) is 10.2. The summed E-state index contributed by atoms with van der Waals surface area (Å²) in [6.07, 6.45) is 1.90. The van der Waals surface area contributed by atoms with Gasteiger partial charge >= 0.3 is 5.97 Å². The van der Waals surface area contributed by atoms with E-state index in [1.54, 1.807) is 0 Å². The summed E-state index contributed by atoms with van der Waals surface area (Å²) in [5.74, 6) is -1.69. The first kappa shape index (κ1) is 13.0. The van der Waals surface area contributed by atoms with Crippen LogP contribution >= 0.6 is 0 Å². The van der Waals surface area contributed by atoms with E-state index in [9.17, 15) is 13.6 Å². The molecule has 1 heterocycles. The van der Waals surface area contributed by atoms with Crippen molar-refractivity contribution in [3.8, 4) is 0 Å². The second-order valence-electron chi connectivity index (χ2n) is 4.33. The standard InChI is InChI=1S/C13H15F2NO2/c1-18-13(17)12(16-6-2-3-7-16)10-8-9(14)4-5-11(10)15/h4-5,8,12H,2-3,6-7H2,1H3. The maximum Gasteiger partial charge on any atom is 0.327 e. The zero-order chi connectivity index (χ0) is 13.1. The van der Waals surface area contributed by atoms with Gasteiger partial charge in [-0.2, -0.15) is 0 Å². The first-order valence-corrected chi connectivity index (χ1v) is 5.90. The highest BCUT2D eigenvalue weighted by molar-refractivity contribution is 5.77. The van der Waals surface area contributed by atoms with Crippen LogP contribution in [0.25, 0.3) is 0 Å². The van der Waals surface area contributed by atoms with E-state index >= 15 is 0 Å². The van der Waals surface area contributed by atoms with E-state index in [1.165, 1.54) is 7.11 Å². The summed E-state index contributed by atoms with van der Waals surface area (Å²) < 4.78 is 31.7. The molecule has 1 atom stereocenters. The molecular formula is C13H15F2NO2. The molecule has 0 N–H and O–H groups in total. The summed E-state index contributed by atoms with van der Waals surface area (Å²) in [4.78, 5) is 13.6. The van der Waals surface area contributed by atoms with E-state index in [-0.39, 0.29) is 5.56 Å². The van der Waals surface area contributed by atoms with Crippen molar-refractivity contribution in [1.29, 1.82) is 0 Å². The fourth-order valence-corrected chi connectivity index (χ4v) is 2.31. The lowest BCUT2D eigenvalue weighted by atomic mass is 10.0.